The number of halogens is 1. The molecule has 2 amide bonds. The van der Waals surface area contributed by atoms with Gasteiger partial charge in [-0.1, -0.05) is 35.0 Å². The van der Waals surface area contributed by atoms with Gasteiger partial charge in [0.15, 0.2) is 0 Å². The predicted molar refractivity (Wildman–Crippen MR) is 81.2 cm³/mol. The number of carbonyl (C=O) groups is 2. The fourth-order valence-electron chi connectivity index (χ4n) is 2.24. The molecule has 0 spiro atoms. The molecule has 1 fully saturated rings. The van der Waals surface area contributed by atoms with Gasteiger partial charge < -0.3 is 10.2 Å². The van der Waals surface area contributed by atoms with E-state index in [1.165, 1.54) is 0 Å². The Bertz CT molecular complexity index is 495. The highest BCUT2D eigenvalue weighted by molar-refractivity contribution is 9.10. The van der Waals surface area contributed by atoms with Crippen molar-refractivity contribution < 1.29 is 9.59 Å². The fourth-order valence-corrected chi connectivity index (χ4v) is 2.50. The second kappa shape index (κ2) is 6.39. The molecule has 0 unspecified atom stereocenters. The van der Waals surface area contributed by atoms with Crippen molar-refractivity contribution >= 4 is 27.7 Å². The number of benzene rings is 1. The molecule has 1 aliphatic rings. The third-order valence-corrected chi connectivity index (χ3v) is 4.10. The van der Waals surface area contributed by atoms with E-state index in [9.17, 15) is 9.59 Å². The first-order chi connectivity index (χ1) is 9.45. The average molecular weight is 339 g/mol. The van der Waals surface area contributed by atoms with E-state index in [4.69, 9.17) is 0 Å². The molecule has 0 radical (unpaired) electrons. The first kappa shape index (κ1) is 15.0. The van der Waals surface area contributed by atoms with Gasteiger partial charge in [-0.25, -0.2) is 0 Å². The number of nitrogens with zero attached hydrogens (tertiary/aromatic N) is 1. The molecular weight excluding hydrogens is 320 g/mol. The van der Waals surface area contributed by atoms with E-state index < -0.39 is 0 Å². The Balaban J connectivity index is 1.78. The van der Waals surface area contributed by atoms with E-state index in [1.54, 1.807) is 11.8 Å². The van der Waals surface area contributed by atoms with E-state index in [0.29, 0.717) is 13.1 Å². The Morgan fingerprint density at radius 2 is 1.95 bits per heavy atom. The minimum absolute atomic E-state index is 0.0566. The van der Waals surface area contributed by atoms with Gasteiger partial charge in [-0.05, 0) is 24.1 Å². The van der Waals surface area contributed by atoms with Crippen LogP contribution in [0, 0.1) is 5.92 Å². The smallest absolute Gasteiger partial charge is 0.223 e. The summed E-state index contributed by atoms with van der Waals surface area (Å²) in [6, 6.07) is 8.12. The summed E-state index contributed by atoms with van der Waals surface area (Å²) < 4.78 is 1.04. The summed E-state index contributed by atoms with van der Waals surface area (Å²) in [6.45, 7) is 4.74. The summed E-state index contributed by atoms with van der Waals surface area (Å²) in [6.07, 6.45) is 0.724. The zero-order chi connectivity index (χ0) is 14.7. The molecule has 1 atom stereocenters. The molecule has 20 heavy (non-hydrogen) atoms. The number of likely N-dealkylation sites (tertiary alicyclic amines) is 1. The molecule has 0 saturated carbocycles. The van der Waals surface area contributed by atoms with Crippen molar-refractivity contribution in [3.8, 4) is 0 Å². The Kier molecular flexibility index (Phi) is 4.81. The number of carbonyl (C=O) groups excluding carboxylic acids is 2. The molecule has 1 saturated heterocycles. The van der Waals surface area contributed by atoms with Crippen molar-refractivity contribution in [1.29, 1.82) is 0 Å². The van der Waals surface area contributed by atoms with Crippen LogP contribution in [0.1, 0.15) is 19.4 Å². The van der Waals surface area contributed by atoms with Gasteiger partial charge >= 0.3 is 0 Å². The number of hydrogen-bond donors (Lipinski definition) is 1. The summed E-state index contributed by atoms with van der Waals surface area (Å²) >= 11 is 3.40. The van der Waals surface area contributed by atoms with Crippen molar-refractivity contribution in [2.75, 3.05) is 13.1 Å². The second-order valence-electron chi connectivity index (χ2n) is 5.36. The van der Waals surface area contributed by atoms with Crippen molar-refractivity contribution in [3.63, 3.8) is 0 Å². The van der Waals surface area contributed by atoms with Crippen LogP contribution in [-0.4, -0.2) is 35.8 Å². The number of rotatable bonds is 4. The van der Waals surface area contributed by atoms with Crippen LogP contribution in [0.25, 0.3) is 0 Å². The lowest BCUT2D eigenvalue weighted by Crippen LogP contribution is -2.61. The standard InChI is InChI=1S/C15H19BrN2O2/c1-10(7-12-3-5-13(16)6-4-12)15(20)17-14-8-18(9-14)11(2)19/h3-6,10,14H,7-9H2,1-2H3,(H,17,20)/t10-/m1/s1. The largest absolute Gasteiger partial charge is 0.350 e. The Hall–Kier alpha value is -1.36. The van der Waals surface area contributed by atoms with Crippen molar-refractivity contribution in [2.24, 2.45) is 5.92 Å². The Morgan fingerprint density at radius 3 is 2.50 bits per heavy atom. The lowest BCUT2D eigenvalue weighted by molar-refractivity contribution is -0.136. The predicted octanol–water partition coefficient (Wildman–Crippen LogP) is 1.97. The summed E-state index contributed by atoms with van der Waals surface area (Å²) in [5, 5.41) is 2.99. The highest BCUT2D eigenvalue weighted by Crippen LogP contribution is 2.15. The highest BCUT2D eigenvalue weighted by Gasteiger charge is 2.30. The molecule has 1 aliphatic heterocycles. The van der Waals surface area contributed by atoms with Crippen LogP contribution in [0.4, 0.5) is 0 Å². The van der Waals surface area contributed by atoms with Crippen molar-refractivity contribution in [3.05, 3.63) is 34.3 Å². The SMILES string of the molecule is CC(=O)N1CC(NC(=O)[C@H](C)Cc2ccc(Br)cc2)C1. The first-order valence-electron chi connectivity index (χ1n) is 6.76. The zero-order valence-corrected chi connectivity index (χ0v) is 13.3. The molecule has 0 bridgehead atoms. The van der Waals surface area contributed by atoms with Gasteiger partial charge in [0, 0.05) is 30.4 Å². The minimum Gasteiger partial charge on any atom is -0.350 e. The van der Waals surface area contributed by atoms with E-state index in [1.807, 2.05) is 31.2 Å². The second-order valence-corrected chi connectivity index (χ2v) is 6.28. The lowest BCUT2D eigenvalue weighted by Gasteiger charge is -2.39. The van der Waals surface area contributed by atoms with Crippen LogP contribution < -0.4 is 5.32 Å². The molecule has 108 valence electrons. The van der Waals surface area contributed by atoms with Crippen LogP contribution in [0.15, 0.2) is 28.7 Å². The Labute approximate surface area is 127 Å². The quantitative estimate of drug-likeness (QED) is 0.912. The molecule has 1 heterocycles. The Morgan fingerprint density at radius 1 is 1.35 bits per heavy atom. The van der Waals surface area contributed by atoms with E-state index in [0.717, 1.165) is 16.5 Å². The minimum atomic E-state index is -0.0671. The molecule has 2 rings (SSSR count). The highest BCUT2D eigenvalue weighted by atomic mass is 79.9. The number of nitrogens with one attached hydrogen (secondary N) is 1. The van der Waals surface area contributed by atoms with Crippen molar-refractivity contribution in [2.45, 2.75) is 26.3 Å². The third-order valence-electron chi connectivity index (χ3n) is 3.58. The van der Waals surface area contributed by atoms with Crippen LogP contribution in [0.5, 0.6) is 0 Å². The van der Waals surface area contributed by atoms with Crippen molar-refractivity contribution in [1.82, 2.24) is 10.2 Å². The molecular formula is C15H19BrN2O2. The molecule has 4 nitrogen and oxygen atoms in total. The molecule has 1 aromatic rings. The normalized spacial score (nSPS) is 16.4. The van der Waals surface area contributed by atoms with Gasteiger partial charge in [-0.2, -0.15) is 0 Å². The maximum absolute atomic E-state index is 12.1. The van der Waals surface area contributed by atoms with E-state index in [-0.39, 0.29) is 23.8 Å². The van der Waals surface area contributed by atoms with E-state index in [2.05, 4.69) is 21.2 Å². The molecule has 1 aromatic carbocycles. The summed E-state index contributed by atoms with van der Waals surface area (Å²) in [5.74, 6) is 0.0575. The first-order valence-corrected chi connectivity index (χ1v) is 7.55. The topological polar surface area (TPSA) is 49.4 Å². The fraction of sp³-hybridized carbons (Fsp3) is 0.467. The summed E-state index contributed by atoms with van der Waals surface area (Å²) in [4.78, 5) is 24.9. The van der Waals surface area contributed by atoms with Gasteiger partial charge in [-0.3, -0.25) is 9.59 Å². The number of hydrogen-bond acceptors (Lipinski definition) is 2. The van der Waals surface area contributed by atoms with Gasteiger partial charge in [0.1, 0.15) is 0 Å². The summed E-state index contributed by atoms with van der Waals surface area (Å²) in [5.41, 5.74) is 1.15. The van der Waals surface area contributed by atoms with Crippen LogP contribution in [0.3, 0.4) is 0 Å². The van der Waals surface area contributed by atoms with Gasteiger partial charge in [0.2, 0.25) is 11.8 Å². The number of amides is 2. The average Bonchev–Trinajstić information content (AvgIpc) is 2.35. The molecule has 0 aliphatic carbocycles. The van der Waals surface area contributed by atoms with E-state index >= 15 is 0 Å². The van der Waals surface area contributed by atoms with Crippen LogP contribution in [0.2, 0.25) is 0 Å². The van der Waals surface area contributed by atoms with Crippen LogP contribution >= 0.6 is 15.9 Å². The molecule has 5 heteroatoms. The zero-order valence-electron chi connectivity index (χ0n) is 11.7. The molecule has 0 aromatic heterocycles. The lowest BCUT2D eigenvalue weighted by atomic mass is 9.99. The maximum Gasteiger partial charge on any atom is 0.223 e. The third kappa shape index (κ3) is 3.82. The van der Waals surface area contributed by atoms with Gasteiger partial charge in [-0.15, -0.1) is 0 Å². The van der Waals surface area contributed by atoms with Crippen LogP contribution in [-0.2, 0) is 16.0 Å². The maximum atomic E-state index is 12.1. The van der Waals surface area contributed by atoms with Gasteiger partial charge in [0.05, 0.1) is 6.04 Å². The monoisotopic (exact) mass is 338 g/mol. The van der Waals surface area contributed by atoms with Gasteiger partial charge in [0.25, 0.3) is 0 Å². The summed E-state index contributed by atoms with van der Waals surface area (Å²) in [7, 11) is 0. The molecule has 1 N–H and O–H groups in total.